The second-order valence-electron chi connectivity index (χ2n) is 29.2. The molecule has 6 N–H and O–H groups in total. The molecule has 0 spiro atoms. The molecule has 6 aromatic heterocycles. The van der Waals surface area contributed by atoms with Gasteiger partial charge >= 0.3 is 18.7 Å². The van der Waals surface area contributed by atoms with Crippen molar-refractivity contribution in [3.63, 3.8) is 0 Å². The zero-order chi connectivity index (χ0) is 69.6. The molecule has 534 valence electrons. The number of anilines is 3. The number of hydrogen-bond donors (Lipinski definition) is 3. The minimum absolute atomic E-state index is 0.0719. The number of nitrogens with two attached hydrogens (primary N) is 3. The maximum atomic E-state index is 13.3. The van der Waals surface area contributed by atoms with E-state index in [2.05, 4.69) is 106 Å². The molecular weight excluding hydrogens is 1290 g/mol. The van der Waals surface area contributed by atoms with Crippen molar-refractivity contribution in [1.82, 2.24) is 59.0 Å². The van der Waals surface area contributed by atoms with Crippen LogP contribution in [0.5, 0.6) is 11.5 Å². The number of nitrogens with zero attached hydrogens (tertiary/aromatic N) is 12. The number of halogens is 9. The van der Waals surface area contributed by atoms with Crippen molar-refractivity contribution >= 4 is 17.5 Å². The molecule has 0 bridgehead atoms. The van der Waals surface area contributed by atoms with Crippen LogP contribution in [-0.4, -0.2) is 174 Å². The van der Waals surface area contributed by atoms with E-state index in [-0.39, 0.29) is 35.5 Å². The van der Waals surface area contributed by atoms with Gasteiger partial charge in [-0.05, 0) is 166 Å². The number of rotatable bonds is 15. The molecule has 0 amide bonds. The van der Waals surface area contributed by atoms with E-state index in [0.29, 0.717) is 117 Å². The Morgan fingerprint density at radius 3 is 1.22 bits per heavy atom. The summed E-state index contributed by atoms with van der Waals surface area (Å²) in [6, 6.07) is 13.0. The largest absolute Gasteiger partial charge is 0.573 e. The molecule has 6 saturated carbocycles. The Labute approximate surface area is 564 Å². The van der Waals surface area contributed by atoms with Gasteiger partial charge in [0.15, 0.2) is 29.7 Å². The molecule has 3 saturated heterocycles. The summed E-state index contributed by atoms with van der Waals surface area (Å²) in [6.45, 7) is 24.4. The number of alkyl halides is 9. The minimum Gasteiger partial charge on any atom is -0.480 e. The summed E-state index contributed by atoms with van der Waals surface area (Å²) in [5.41, 5.74) is 22.5. The number of aromatic nitrogens is 9. The Hall–Kier alpha value is -6.79. The number of ether oxygens (including phenoxy) is 5. The number of nitrogen functional groups attached to an aromatic ring is 3. The number of fused-ring (bicyclic) bond motifs is 3. The van der Waals surface area contributed by atoms with Crippen molar-refractivity contribution < 1.29 is 63.2 Å². The van der Waals surface area contributed by atoms with Crippen LogP contribution < -0.4 is 26.7 Å². The third kappa shape index (κ3) is 14.7. The van der Waals surface area contributed by atoms with Gasteiger partial charge < -0.3 is 40.9 Å². The number of morpholine rings is 3. The van der Waals surface area contributed by atoms with Gasteiger partial charge in [0.1, 0.15) is 5.82 Å². The van der Waals surface area contributed by atoms with Crippen LogP contribution >= 0.6 is 0 Å². The highest BCUT2D eigenvalue weighted by atomic mass is 19.4. The lowest BCUT2D eigenvalue weighted by Crippen LogP contribution is -2.49. The maximum absolute atomic E-state index is 13.3. The number of pyridine rings is 3. The summed E-state index contributed by atoms with van der Waals surface area (Å²) in [4.78, 5) is 19.5. The molecule has 6 aliphatic carbocycles. The molecule has 3 aliphatic heterocycles. The smallest absolute Gasteiger partial charge is 0.480 e. The van der Waals surface area contributed by atoms with Crippen molar-refractivity contribution in [3.05, 3.63) is 77.6 Å². The first-order valence-corrected chi connectivity index (χ1v) is 34.6. The molecule has 15 rings (SSSR count). The highest BCUT2D eigenvalue weighted by Crippen LogP contribution is 2.67. The van der Waals surface area contributed by atoms with E-state index in [1.54, 1.807) is 0 Å². The van der Waals surface area contributed by atoms with Gasteiger partial charge in [-0.1, -0.05) is 0 Å². The van der Waals surface area contributed by atoms with E-state index in [1.165, 1.54) is 74.9 Å². The summed E-state index contributed by atoms with van der Waals surface area (Å²) in [6.07, 6.45) is -2.39. The second-order valence-corrected chi connectivity index (χ2v) is 29.2. The lowest BCUT2D eigenvalue weighted by atomic mass is 10.0. The molecule has 9 fully saturated rings. The van der Waals surface area contributed by atoms with E-state index >= 15 is 0 Å². The molecule has 29 heteroatoms. The molecule has 9 heterocycles. The second kappa shape index (κ2) is 27.3. The van der Waals surface area contributed by atoms with E-state index in [9.17, 15) is 39.5 Å². The topological polar surface area (TPSA) is 226 Å². The summed E-state index contributed by atoms with van der Waals surface area (Å²) in [5.74, 6) is 3.68. The SMILES string of the molecule is CC(C)n1nc(-c2cnc(N)c(C(F)(F)F)c2)cc1C1[C@H]2CC(N3CCOC[C@@H]3C)C[C@@H]12.CC(C)n1nc(-c2cnc(N)c(OC(F)(F)F)c2)cc1C1[C@H]2CC(N3CCOC[C@@H]3C)C[C@@H]12.CC(C)n1nc(-c2cnc(N)c(OCC(F)(F)F)c2)cc1C1[C@H]2CC(N3CCOCC3)C[C@@H]12. The summed E-state index contributed by atoms with van der Waals surface area (Å²) in [7, 11) is 0. The standard InChI is InChI=1S/2C23H30F3N5O2.C23H30F3N5O/c1-12(2)31-19(21-16-7-15(8-17(16)21)30-4-5-32-11-13(30)3)9-18(29-31)14-6-20(22(27)28-10-14)33-23(24,25)26;1-13(2)31-19(21-16-8-15(9-17(16)21)30-3-5-32-6-4-30)10-18(29-31)14-7-20(22(27)28-11-14)33-12-23(24,25)26;1-12(2)31-20(9-19(29-31)14-6-18(23(24,25)26)22(27)28-10-14)21-16-7-15(8-17(16)21)30-4-5-32-11-13(30)3/h6,9-10,12-13,15-17,21H,4-5,7-8,11H2,1-3H3,(H2,27,28);7,10-11,13,15-17,21H,3-6,8-9,12H2,1-2H3,(H2,27,28);6,9-10,12-13,15-17,21H,4-5,7-8,11H2,1-3H3,(H2,27,28)/t13-,15?,16-,17+,21?;15?,16-,17+,21?;13-,15?,16-,17+,21?/m0.0/s1. The Balaban J connectivity index is 0.000000132. The number of hydrogen-bond acceptors (Lipinski definition) is 17. The predicted molar refractivity (Wildman–Crippen MR) is 349 cm³/mol. The fourth-order valence-electron chi connectivity index (χ4n) is 17.3. The van der Waals surface area contributed by atoms with Crippen molar-refractivity contribution in [1.29, 1.82) is 0 Å². The van der Waals surface area contributed by atoms with Gasteiger partial charge in [0.05, 0.1) is 62.3 Å². The fourth-order valence-corrected chi connectivity index (χ4v) is 17.3. The molecule has 0 radical (unpaired) electrons. The average molecular weight is 1380 g/mol. The van der Waals surface area contributed by atoms with E-state index < -0.39 is 42.5 Å². The van der Waals surface area contributed by atoms with Crippen molar-refractivity contribution in [2.24, 2.45) is 35.5 Å². The van der Waals surface area contributed by atoms with Crippen LogP contribution in [0.2, 0.25) is 0 Å². The Kier molecular flexibility index (Phi) is 19.4. The van der Waals surface area contributed by atoms with Gasteiger partial charge in [-0.15, -0.1) is 13.2 Å². The van der Waals surface area contributed by atoms with Crippen LogP contribution in [0.1, 0.15) is 152 Å². The van der Waals surface area contributed by atoms with Crippen molar-refractivity contribution in [2.45, 2.75) is 179 Å². The highest BCUT2D eigenvalue weighted by molar-refractivity contribution is 5.66. The Bertz CT molecular complexity index is 3760. The normalized spacial score (nSPS) is 29.4. The van der Waals surface area contributed by atoms with Crippen LogP contribution in [0, 0.1) is 35.5 Å². The highest BCUT2D eigenvalue weighted by Gasteiger charge is 2.61. The summed E-state index contributed by atoms with van der Waals surface area (Å²) < 4.78 is 148. The van der Waals surface area contributed by atoms with Crippen LogP contribution in [-0.2, 0) is 20.4 Å². The third-order valence-electron chi connectivity index (χ3n) is 21.9. The van der Waals surface area contributed by atoms with Crippen LogP contribution in [0.25, 0.3) is 33.8 Å². The molecule has 0 aromatic carbocycles. The first-order chi connectivity index (χ1) is 46.5. The maximum Gasteiger partial charge on any atom is 0.573 e. The molecule has 20 nitrogen and oxygen atoms in total. The molecule has 6 unspecified atom stereocenters. The lowest BCUT2D eigenvalue weighted by molar-refractivity contribution is -0.274. The van der Waals surface area contributed by atoms with Crippen molar-refractivity contribution in [2.75, 3.05) is 89.6 Å². The predicted octanol–water partition coefficient (Wildman–Crippen LogP) is 12.4. The first-order valence-electron chi connectivity index (χ1n) is 34.6. The van der Waals surface area contributed by atoms with Gasteiger partial charge in [0.25, 0.3) is 0 Å². The van der Waals surface area contributed by atoms with E-state index in [1.807, 2.05) is 21.5 Å². The van der Waals surface area contributed by atoms with E-state index in [0.717, 1.165) is 83.3 Å². The molecular formula is C69H90F9N15O5. The zero-order valence-corrected chi connectivity index (χ0v) is 56.6. The molecule has 6 aromatic rings. The van der Waals surface area contributed by atoms with Crippen molar-refractivity contribution in [3.8, 4) is 45.3 Å². The van der Waals surface area contributed by atoms with Crippen LogP contribution in [0.3, 0.4) is 0 Å². The fraction of sp³-hybridized carbons (Fsp3) is 0.652. The molecule has 9 aliphatic rings. The quantitative estimate of drug-likeness (QED) is 0.0812. The monoisotopic (exact) mass is 1380 g/mol. The zero-order valence-electron chi connectivity index (χ0n) is 56.6. The van der Waals surface area contributed by atoms with Gasteiger partial charge in [0.2, 0.25) is 0 Å². The van der Waals surface area contributed by atoms with Gasteiger partial charge in [-0.25, -0.2) is 15.0 Å². The third-order valence-corrected chi connectivity index (χ3v) is 21.9. The first kappa shape index (κ1) is 69.7. The van der Waals surface area contributed by atoms with Crippen LogP contribution in [0.4, 0.5) is 57.0 Å². The Morgan fingerprint density at radius 1 is 0.480 bits per heavy atom. The Morgan fingerprint density at radius 2 is 0.847 bits per heavy atom. The molecule has 98 heavy (non-hydrogen) atoms. The van der Waals surface area contributed by atoms with Gasteiger partial charge in [0, 0.05) is 145 Å². The minimum atomic E-state index is -4.84. The lowest BCUT2D eigenvalue weighted by Gasteiger charge is -2.38. The summed E-state index contributed by atoms with van der Waals surface area (Å²) in [5, 5.41) is 14.2. The van der Waals surface area contributed by atoms with Gasteiger partial charge in [-0.3, -0.25) is 28.7 Å². The van der Waals surface area contributed by atoms with Gasteiger partial charge in [-0.2, -0.15) is 41.6 Å². The van der Waals surface area contributed by atoms with Crippen LogP contribution in [0.15, 0.2) is 55.0 Å². The van der Waals surface area contributed by atoms with E-state index in [4.69, 9.17) is 46.3 Å². The summed E-state index contributed by atoms with van der Waals surface area (Å²) >= 11 is 0. The average Bonchev–Trinajstić information content (AvgIpc) is 1.57. The molecule has 14 atom stereocenters.